The highest BCUT2D eigenvalue weighted by molar-refractivity contribution is 6.30. The van der Waals surface area contributed by atoms with Crippen LogP contribution in [-0.2, 0) is 0 Å². The van der Waals surface area contributed by atoms with Crippen LogP contribution in [0.3, 0.4) is 0 Å². The summed E-state index contributed by atoms with van der Waals surface area (Å²) in [6, 6.07) is 13.9. The van der Waals surface area contributed by atoms with Gasteiger partial charge in [-0.2, -0.15) is 5.26 Å². The van der Waals surface area contributed by atoms with Crippen LogP contribution in [0.5, 0.6) is 0 Å². The number of nitrogens with one attached hydrogen (secondary N) is 1. The first-order valence-electron chi connectivity index (χ1n) is 6.54. The number of rotatable bonds is 3. The smallest absolute Gasteiger partial charge is 0.101 e. The minimum Gasteiger partial charge on any atom is -0.377 e. The van der Waals surface area contributed by atoms with Gasteiger partial charge in [-0.25, -0.2) is 0 Å². The van der Waals surface area contributed by atoms with E-state index in [-0.39, 0.29) is 6.04 Å². The summed E-state index contributed by atoms with van der Waals surface area (Å²) in [7, 11) is 0. The fourth-order valence-electron chi connectivity index (χ4n) is 2.08. The molecule has 2 aromatic rings. The fraction of sp³-hybridized carbons (Fsp3) is 0.235. The minimum absolute atomic E-state index is 0.111. The monoisotopic (exact) mass is 284 g/mol. The second-order valence-corrected chi connectivity index (χ2v) is 5.45. The molecule has 1 N–H and O–H groups in total. The highest BCUT2D eigenvalue weighted by Crippen LogP contribution is 2.26. The van der Waals surface area contributed by atoms with Crippen molar-refractivity contribution in [2.45, 2.75) is 26.8 Å². The van der Waals surface area contributed by atoms with Crippen LogP contribution in [0.2, 0.25) is 5.02 Å². The van der Waals surface area contributed by atoms with E-state index in [0.29, 0.717) is 10.6 Å². The van der Waals surface area contributed by atoms with E-state index in [4.69, 9.17) is 16.9 Å². The average Bonchev–Trinajstić information content (AvgIpc) is 2.42. The van der Waals surface area contributed by atoms with Gasteiger partial charge in [-0.3, -0.25) is 0 Å². The molecule has 0 saturated heterocycles. The lowest BCUT2D eigenvalue weighted by Crippen LogP contribution is -2.08. The number of benzene rings is 2. The molecule has 3 heteroatoms. The predicted molar refractivity (Wildman–Crippen MR) is 84.1 cm³/mol. The first-order chi connectivity index (χ1) is 9.51. The van der Waals surface area contributed by atoms with Crippen molar-refractivity contribution in [2.75, 3.05) is 5.32 Å². The van der Waals surface area contributed by atoms with Gasteiger partial charge in [-0.05, 0) is 55.7 Å². The molecule has 1 unspecified atom stereocenters. The molecule has 0 aliphatic rings. The van der Waals surface area contributed by atoms with Crippen molar-refractivity contribution < 1.29 is 0 Å². The maximum atomic E-state index is 9.14. The van der Waals surface area contributed by atoms with Crippen molar-refractivity contribution >= 4 is 17.3 Å². The van der Waals surface area contributed by atoms with Gasteiger partial charge in [-0.15, -0.1) is 0 Å². The molecule has 20 heavy (non-hydrogen) atoms. The largest absolute Gasteiger partial charge is 0.377 e. The van der Waals surface area contributed by atoms with Crippen LogP contribution in [0, 0.1) is 25.2 Å². The van der Waals surface area contributed by atoms with E-state index in [1.165, 1.54) is 16.7 Å². The molecule has 1 atom stereocenters. The Labute approximate surface area is 125 Å². The Morgan fingerprint density at radius 3 is 2.50 bits per heavy atom. The van der Waals surface area contributed by atoms with Crippen LogP contribution in [0.4, 0.5) is 5.69 Å². The molecule has 0 bridgehead atoms. The van der Waals surface area contributed by atoms with Crippen LogP contribution in [0.1, 0.15) is 35.2 Å². The Balaban J connectivity index is 2.27. The molecular formula is C17H17ClN2. The second-order valence-electron chi connectivity index (χ2n) is 5.01. The molecule has 102 valence electrons. The van der Waals surface area contributed by atoms with Crippen LogP contribution < -0.4 is 5.32 Å². The first-order valence-corrected chi connectivity index (χ1v) is 6.92. The third-order valence-corrected chi connectivity index (χ3v) is 3.74. The molecule has 0 saturated carbocycles. The van der Waals surface area contributed by atoms with E-state index in [9.17, 15) is 0 Å². The van der Waals surface area contributed by atoms with Crippen molar-refractivity contribution in [2.24, 2.45) is 0 Å². The van der Waals surface area contributed by atoms with E-state index in [0.717, 1.165) is 5.69 Å². The fourth-order valence-corrected chi connectivity index (χ4v) is 2.26. The second kappa shape index (κ2) is 5.98. The molecule has 0 radical (unpaired) electrons. The molecule has 2 rings (SSSR count). The van der Waals surface area contributed by atoms with Gasteiger partial charge >= 0.3 is 0 Å². The lowest BCUT2D eigenvalue weighted by molar-refractivity contribution is 0.881. The highest BCUT2D eigenvalue weighted by Gasteiger charge is 2.09. The van der Waals surface area contributed by atoms with Crippen molar-refractivity contribution in [3.8, 4) is 6.07 Å². The number of nitriles is 1. The molecular weight excluding hydrogens is 268 g/mol. The van der Waals surface area contributed by atoms with Crippen molar-refractivity contribution in [3.63, 3.8) is 0 Å². The Hall–Kier alpha value is -1.98. The van der Waals surface area contributed by atoms with Gasteiger partial charge in [0, 0.05) is 11.1 Å². The summed E-state index contributed by atoms with van der Waals surface area (Å²) < 4.78 is 0. The maximum Gasteiger partial charge on any atom is 0.101 e. The topological polar surface area (TPSA) is 35.8 Å². The molecule has 2 nitrogen and oxygen atoms in total. The Bertz CT molecular complexity index is 671. The van der Waals surface area contributed by atoms with Gasteiger partial charge in [0.05, 0.1) is 11.3 Å². The molecule has 0 aromatic heterocycles. The standard InChI is InChI=1S/C17H17ClN2/c1-11-4-5-14(8-12(11)2)13(3)20-17-9-16(18)7-6-15(17)10-19/h4-9,13,20H,1-3H3. The van der Waals surface area contributed by atoms with Gasteiger partial charge in [0.2, 0.25) is 0 Å². The molecule has 0 aliphatic carbocycles. The van der Waals surface area contributed by atoms with Gasteiger partial charge < -0.3 is 5.32 Å². The zero-order chi connectivity index (χ0) is 14.7. The van der Waals surface area contributed by atoms with Gasteiger partial charge in [0.1, 0.15) is 6.07 Å². The molecule has 0 heterocycles. The lowest BCUT2D eigenvalue weighted by atomic mass is 10.0. The molecule has 0 fully saturated rings. The van der Waals surface area contributed by atoms with Gasteiger partial charge in [-0.1, -0.05) is 29.8 Å². The number of aryl methyl sites for hydroxylation is 2. The van der Waals surface area contributed by atoms with Crippen molar-refractivity contribution in [1.82, 2.24) is 0 Å². The Kier molecular flexibility index (Phi) is 4.32. The zero-order valence-corrected chi connectivity index (χ0v) is 12.6. The summed E-state index contributed by atoms with van der Waals surface area (Å²) in [5.41, 5.74) is 5.11. The van der Waals surface area contributed by atoms with E-state index in [1.54, 1.807) is 18.2 Å². The van der Waals surface area contributed by atoms with Crippen molar-refractivity contribution in [1.29, 1.82) is 5.26 Å². The summed E-state index contributed by atoms with van der Waals surface area (Å²) in [5, 5.41) is 13.1. The molecule has 2 aromatic carbocycles. The summed E-state index contributed by atoms with van der Waals surface area (Å²) >= 11 is 6.00. The summed E-state index contributed by atoms with van der Waals surface area (Å²) in [6.07, 6.45) is 0. The van der Waals surface area contributed by atoms with Crippen LogP contribution >= 0.6 is 11.6 Å². The Morgan fingerprint density at radius 1 is 1.10 bits per heavy atom. The number of halogens is 1. The third-order valence-electron chi connectivity index (χ3n) is 3.51. The SMILES string of the molecule is Cc1ccc(C(C)Nc2cc(Cl)ccc2C#N)cc1C. The van der Waals surface area contributed by atoms with E-state index < -0.39 is 0 Å². The van der Waals surface area contributed by atoms with Crippen molar-refractivity contribution in [3.05, 3.63) is 63.7 Å². The first kappa shape index (κ1) is 14.4. The number of anilines is 1. The van der Waals surface area contributed by atoms with Crippen LogP contribution in [0.15, 0.2) is 36.4 Å². The minimum atomic E-state index is 0.111. The summed E-state index contributed by atoms with van der Waals surface area (Å²) in [6.45, 7) is 6.28. The quantitative estimate of drug-likeness (QED) is 0.861. The van der Waals surface area contributed by atoms with E-state index in [2.05, 4.69) is 50.4 Å². The molecule has 0 aliphatic heterocycles. The van der Waals surface area contributed by atoms with Crippen LogP contribution in [-0.4, -0.2) is 0 Å². The highest BCUT2D eigenvalue weighted by atomic mass is 35.5. The summed E-state index contributed by atoms with van der Waals surface area (Å²) in [4.78, 5) is 0. The Morgan fingerprint density at radius 2 is 1.85 bits per heavy atom. The zero-order valence-electron chi connectivity index (χ0n) is 11.9. The molecule has 0 amide bonds. The van der Waals surface area contributed by atoms with E-state index in [1.807, 2.05) is 0 Å². The van der Waals surface area contributed by atoms with Gasteiger partial charge in [0.15, 0.2) is 0 Å². The predicted octanol–water partition coefficient (Wildman–Crippen LogP) is 5.00. The van der Waals surface area contributed by atoms with Gasteiger partial charge in [0.25, 0.3) is 0 Å². The van der Waals surface area contributed by atoms with E-state index >= 15 is 0 Å². The number of hydrogen-bond donors (Lipinski definition) is 1. The average molecular weight is 285 g/mol. The molecule has 0 spiro atoms. The maximum absolute atomic E-state index is 9.14. The lowest BCUT2D eigenvalue weighted by Gasteiger charge is -2.18. The summed E-state index contributed by atoms with van der Waals surface area (Å²) in [5.74, 6) is 0. The normalized spacial score (nSPS) is 11.8. The number of nitrogens with zero attached hydrogens (tertiary/aromatic N) is 1. The van der Waals surface area contributed by atoms with Crippen LogP contribution in [0.25, 0.3) is 0 Å². The third kappa shape index (κ3) is 3.12. The number of hydrogen-bond acceptors (Lipinski definition) is 2.